The summed E-state index contributed by atoms with van der Waals surface area (Å²) in [5.41, 5.74) is 16.9. The van der Waals surface area contributed by atoms with Crippen LogP contribution in [0.5, 0.6) is 11.5 Å². The lowest BCUT2D eigenvalue weighted by atomic mass is 9.88. The van der Waals surface area contributed by atoms with Crippen molar-refractivity contribution in [2.75, 3.05) is 0 Å². The maximum Gasteiger partial charge on any atom is 0.255 e. The number of imidazole rings is 1. The molecule has 0 N–H and O–H groups in total. The van der Waals surface area contributed by atoms with Crippen LogP contribution >= 0.6 is 0 Å². The summed E-state index contributed by atoms with van der Waals surface area (Å²) in [6, 6.07) is 45.5. The lowest BCUT2D eigenvalue weighted by Crippen LogP contribution is -2.31. The van der Waals surface area contributed by atoms with Gasteiger partial charge in [-0.15, -0.1) is 0 Å². The third-order valence-corrected chi connectivity index (χ3v) is 11.1. The molecule has 3 aromatic heterocycles. The summed E-state index contributed by atoms with van der Waals surface area (Å²) in [5.74, 6) is 2.43. The molecule has 0 aliphatic rings. The van der Waals surface area contributed by atoms with E-state index in [1.54, 1.807) is 0 Å². The fourth-order valence-corrected chi connectivity index (χ4v) is 8.71. The number of pyridine rings is 1. The molecular formula is C51H47N4O+. The SMILES string of the molecule is Cc1cc(C)c(-c2cc(C)c(-[n+]3cn(-c4cccc(Oc5ccc6c7ccccc7n(-c7cc(C(C)(C)C)ccn7)c6c5)c4)c4ccccc43)c(C)c2)c(C)c1. The molecule has 9 aromatic rings. The van der Waals surface area contributed by atoms with Crippen LogP contribution < -0.4 is 9.30 Å². The van der Waals surface area contributed by atoms with Crippen molar-refractivity contribution in [1.82, 2.24) is 14.1 Å². The molecule has 0 amide bonds. The van der Waals surface area contributed by atoms with Crippen molar-refractivity contribution in [2.45, 2.75) is 60.8 Å². The zero-order valence-electron chi connectivity index (χ0n) is 33.5. The molecule has 0 saturated carbocycles. The Balaban J connectivity index is 1.10. The fraction of sp³-hybridized carbons (Fsp3) is 0.176. The van der Waals surface area contributed by atoms with Gasteiger partial charge in [-0.2, -0.15) is 9.13 Å². The topological polar surface area (TPSA) is 35.9 Å². The average molecular weight is 732 g/mol. The van der Waals surface area contributed by atoms with Crippen molar-refractivity contribution in [1.29, 1.82) is 0 Å². The number of hydrogen-bond donors (Lipinski definition) is 0. The number of ether oxygens (including phenoxy) is 1. The average Bonchev–Trinajstić information content (AvgIpc) is 3.70. The monoisotopic (exact) mass is 731 g/mol. The molecular weight excluding hydrogens is 685 g/mol. The van der Waals surface area contributed by atoms with E-state index in [1.165, 1.54) is 55.6 Å². The third-order valence-electron chi connectivity index (χ3n) is 11.1. The summed E-state index contributed by atoms with van der Waals surface area (Å²) in [4.78, 5) is 4.86. The fourth-order valence-electron chi connectivity index (χ4n) is 8.71. The zero-order chi connectivity index (χ0) is 38.9. The summed E-state index contributed by atoms with van der Waals surface area (Å²) < 4.78 is 13.5. The molecule has 0 saturated heterocycles. The Kier molecular flexibility index (Phi) is 8.42. The number of hydrogen-bond acceptors (Lipinski definition) is 2. The van der Waals surface area contributed by atoms with Gasteiger partial charge in [-0.25, -0.2) is 4.98 Å². The van der Waals surface area contributed by atoms with Gasteiger partial charge >= 0.3 is 0 Å². The van der Waals surface area contributed by atoms with E-state index in [4.69, 9.17) is 9.72 Å². The lowest BCUT2D eigenvalue weighted by Gasteiger charge is -2.20. The van der Waals surface area contributed by atoms with E-state index in [0.717, 1.165) is 50.5 Å². The van der Waals surface area contributed by atoms with E-state index in [1.807, 2.05) is 12.3 Å². The standard InChI is InChI=1S/C51H47N4O/c1-32-24-33(2)49(34(3)25-32)37-26-35(4)50(36(5)27-37)54-31-53(45-18-11-12-19-46(45)54)39-14-13-15-40(29-39)56-41-20-21-43-42-16-9-10-17-44(42)55(47(43)30-41)48-28-38(22-23-52-48)51(6,7)8/h9-31H,1-8H3/q+1. The van der Waals surface area contributed by atoms with Crippen LogP contribution in [0.3, 0.4) is 0 Å². The predicted octanol–water partition coefficient (Wildman–Crippen LogP) is 12.7. The molecule has 3 heterocycles. The molecule has 6 aromatic carbocycles. The van der Waals surface area contributed by atoms with Crippen LogP contribution in [-0.2, 0) is 5.41 Å². The summed E-state index contributed by atoms with van der Waals surface area (Å²) in [6.07, 6.45) is 4.13. The number of rotatable bonds is 6. The highest BCUT2D eigenvalue weighted by Gasteiger charge is 2.23. The largest absolute Gasteiger partial charge is 0.457 e. The normalized spacial score (nSPS) is 11.9. The molecule has 276 valence electrons. The number of aromatic nitrogens is 4. The molecule has 0 bridgehead atoms. The first kappa shape index (κ1) is 35.3. The first-order chi connectivity index (χ1) is 26.9. The van der Waals surface area contributed by atoms with Crippen molar-refractivity contribution >= 4 is 32.8 Å². The van der Waals surface area contributed by atoms with Gasteiger partial charge in [0, 0.05) is 29.1 Å². The van der Waals surface area contributed by atoms with Crippen LogP contribution in [-0.4, -0.2) is 14.1 Å². The van der Waals surface area contributed by atoms with Gasteiger partial charge in [0.2, 0.25) is 0 Å². The molecule has 0 fully saturated rings. The van der Waals surface area contributed by atoms with Gasteiger partial charge in [0.05, 0.1) is 11.0 Å². The number of benzene rings is 6. The minimum atomic E-state index is 0.00241. The maximum absolute atomic E-state index is 6.68. The lowest BCUT2D eigenvalue weighted by molar-refractivity contribution is -0.568. The van der Waals surface area contributed by atoms with Gasteiger partial charge in [-0.05, 0) is 146 Å². The second-order valence-corrected chi connectivity index (χ2v) is 16.4. The Labute approximate surface area is 329 Å². The summed E-state index contributed by atoms with van der Waals surface area (Å²) in [5, 5.41) is 2.35. The number of nitrogens with zero attached hydrogens (tertiary/aromatic N) is 4. The molecule has 0 aliphatic heterocycles. The van der Waals surface area contributed by atoms with E-state index in [-0.39, 0.29) is 5.41 Å². The van der Waals surface area contributed by atoms with Crippen molar-refractivity contribution in [3.63, 3.8) is 0 Å². The minimum absolute atomic E-state index is 0.00241. The maximum atomic E-state index is 6.68. The van der Waals surface area contributed by atoms with Gasteiger partial charge in [-0.3, -0.25) is 4.57 Å². The Bertz CT molecular complexity index is 2950. The number of fused-ring (bicyclic) bond motifs is 4. The predicted molar refractivity (Wildman–Crippen MR) is 231 cm³/mol. The summed E-state index contributed by atoms with van der Waals surface area (Å²) in [6.45, 7) is 17.8. The van der Waals surface area contributed by atoms with Crippen LogP contribution in [0.15, 0.2) is 140 Å². The third kappa shape index (κ3) is 6.04. The Hall–Kier alpha value is -6.46. The smallest absolute Gasteiger partial charge is 0.255 e. The Morgan fingerprint density at radius 2 is 1.27 bits per heavy atom. The first-order valence-electron chi connectivity index (χ1n) is 19.4. The Morgan fingerprint density at radius 1 is 0.589 bits per heavy atom. The summed E-state index contributed by atoms with van der Waals surface area (Å²) >= 11 is 0. The first-order valence-corrected chi connectivity index (χ1v) is 19.4. The molecule has 9 rings (SSSR count). The molecule has 0 unspecified atom stereocenters. The van der Waals surface area contributed by atoms with Crippen molar-refractivity contribution in [3.05, 3.63) is 173 Å². The van der Waals surface area contributed by atoms with E-state index in [2.05, 4.69) is 197 Å². The van der Waals surface area contributed by atoms with Gasteiger partial charge in [0.15, 0.2) is 11.0 Å². The van der Waals surface area contributed by atoms with E-state index < -0.39 is 0 Å². The van der Waals surface area contributed by atoms with Crippen LogP contribution in [0.4, 0.5) is 0 Å². The molecule has 5 nitrogen and oxygen atoms in total. The van der Waals surface area contributed by atoms with Crippen LogP contribution in [0.25, 0.3) is 61.2 Å². The van der Waals surface area contributed by atoms with Crippen LogP contribution in [0, 0.1) is 34.6 Å². The summed E-state index contributed by atoms with van der Waals surface area (Å²) in [7, 11) is 0. The second kappa shape index (κ2) is 13.4. The highest BCUT2D eigenvalue weighted by molar-refractivity contribution is 6.09. The Morgan fingerprint density at radius 3 is 2.02 bits per heavy atom. The molecule has 0 aliphatic carbocycles. The van der Waals surface area contributed by atoms with E-state index in [0.29, 0.717) is 0 Å². The van der Waals surface area contributed by atoms with Gasteiger partial charge in [-0.1, -0.05) is 74.9 Å². The van der Waals surface area contributed by atoms with E-state index in [9.17, 15) is 0 Å². The van der Waals surface area contributed by atoms with E-state index >= 15 is 0 Å². The highest BCUT2D eigenvalue weighted by Crippen LogP contribution is 2.37. The molecule has 0 spiro atoms. The number of para-hydroxylation sites is 3. The zero-order valence-corrected chi connectivity index (χ0v) is 33.5. The second-order valence-electron chi connectivity index (χ2n) is 16.4. The van der Waals surface area contributed by atoms with Gasteiger partial charge in [0.25, 0.3) is 6.33 Å². The van der Waals surface area contributed by atoms with Crippen LogP contribution in [0.1, 0.15) is 54.2 Å². The van der Waals surface area contributed by atoms with Gasteiger partial charge < -0.3 is 4.74 Å². The highest BCUT2D eigenvalue weighted by atomic mass is 16.5. The quantitative estimate of drug-likeness (QED) is 0.160. The van der Waals surface area contributed by atoms with Crippen molar-refractivity contribution in [3.8, 4) is 39.8 Å². The van der Waals surface area contributed by atoms with Gasteiger partial charge in [0.1, 0.15) is 28.7 Å². The molecule has 56 heavy (non-hydrogen) atoms. The number of aryl methyl sites for hydroxylation is 5. The molecule has 0 radical (unpaired) electrons. The molecule has 5 heteroatoms. The minimum Gasteiger partial charge on any atom is -0.457 e. The molecule has 0 atom stereocenters. The van der Waals surface area contributed by atoms with Crippen molar-refractivity contribution in [2.24, 2.45) is 0 Å². The van der Waals surface area contributed by atoms with Crippen LogP contribution in [0.2, 0.25) is 0 Å². The van der Waals surface area contributed by atoms with Crippen molar-refractivity contribution < 1.29 is 9.30 Å².